The van der Waals surface area contributed by atoms with Gasteiger partial charge in [-0.25, -0.2) is 13.4 Å². The van der Waals surface area contributed by atoms with Crippen LogP contribution >= 0.6 is 0 Å². The number of ether oxygens (including phenoxy) is 1. The van der Waals surface area contributed by atoms with Crippen molar-refractivity contribution in [3.63, 3.8) is 0 Å². The van der Waals surface area contributed by atoms with Gasteiger partial charge >= 0.3 is 0 Å². The number of benzene rings is 2. The van der Waals surface area contributed by atoms with Crippen molar-refractivity contribution < 1.29 is 17.9 Å². The second-order valence-corrected chi connectivity index (χ2v) is 12.7. The van der Waals surface area contributed by atoms with E-state index in [1.807, 2.05) is 29.2 Å². The lowest BCUT2D eigenvalue weighted by Crippen LogP contribution is -2.47. The van der Waals surface area contributed by atoms with Crippen LogP contribution in [0.15, 0.2) is 47.4 Å². The number of para-hydroxylation sites is 2. The Morgan fingerprint density at radius 1 is 1.20 bits per heavy atom. The molecule has 10 nitrogen and oxygen atoms in total. The fourth-order valence-corrected chi connectivity index (χ4v) is 7.68. The lowest BCUT2D eigenvalue weighted by molar-refractivity contribution is -0.136. The minimum atomic E-state index is -3.98. The number of nitrogens with two attached hydrogens (primary N) is 1. The van der Waals surface area contributed by atoms with Gasteiger partial charge in [-0.05, 0) is 56.0 Å². The van der Waals surface area contributed by atoms with Gasteiger partial charge < -0.3 is 19.9 Å². The number of likely N-dealkylation sites (tertiary alicyclic amines) is 1. The number of carbonyl (C=O) groups is 1. The summed E-state index contributed by atoms with van der Waals surface area (Å²) in [4.78, 5) is 20.5. The van der Waals surface area contributed by atoms with Gasteiger partial charge in [0.05, 0.1) is 22.5 Å². The molecule has 2 aliphatic rings. The summed E-state index contributed by atoms with van der Waals surface area (Å²) < 4.78 is 35.8. The lowest BCUT2D eigenvalue weighted by Gasteiger charge is -2.35. The number of nitrogens with zero attached hydrogens (tertiary/aromatic N) is 5. The normalized spacial score (nSPS) is 22.1. The fraction of sp³-hybridized carbons (Fsp3) is 0.483. The van der Waals surface area contributed by atoms with Gasteiger partial charge in [-0.1, -0.05) is 18.2 Å². The molecule has 2 saturated heterocycles. The zero-order valence-corrected chi connectivity index (χ0v) is 23.8. The number of aromatic nitrogens is 2. The number of hydrogen-bond donors (Lipinski definition) is 1. The summed E-state index contributed by atoms with van der Waals surface area (Å²) in [7, 11) is -2.29. The molecule has 2 aliphatic heterocycles. The Morgan fingerprint density at radius 3 is 2.77 bits per heavy atom. The van der Waals surface area contributed by atoms with Crippen LogP contribution in [0, 0.1) is 24.2 Å². The van der Waals surface area contributed by atoms with Gasteiger partial charge in [0, 0.05) is 58.4 Å². The van der Waals surface area contributed by atoms with E-state index in [9.17, 15) is 18.5 Å². The number of piperidine rings is 1. The van der Waals surface area contributed by atoms with Crippen molar-refractivity contribution >= 4 is 27.0 Å². The highest BCUT2D eigenvalue weighted by Gasteiger charge is 2.44. The number of methoxy groups -OCH3 is 1. The van der Waals surface area contributed by atoms with Crippen LogP contribution in [-0.2, 0) is 26.1 Å². The smallest absolute Gasteiger partial charge is 0.244 e. The molecule has 1 amide bonds. The van der Waals surface area contributed by atoms with Crippen molar-refractivity contribution in [3.05, 3.63) is 59.4 Å². The zero-order chi connectivity index (χ0) is 28.4. The number of aryl methyl sites for hydroxylation is 2. The molecule has 212 valence electrons. The number of imidazole rings is 1. The molecule has 5 rings (SSSR count). The Hall–Kier alpha value is -3.30. The molecule has 2 fully saturated rings. The number of fused-ring (bicyclic) bond motifs is 1. The maximum absolute atomic E-state index is 13.8. The number of hydrogen-bond acceptors (Lipinski definition) is 7. The van der Waals surface area contributed by atoms with Crippen molar-refractivity contribution in [3.8, 4) is 6.07 Å². The van der Waals surface area contributed by atoms with Gasteiger partial charge in [-0.3, -0.25) is 4.79 Å². The molecule has 0 saturated carbocycles. The zero-order valence-electron chi connectivity index (χ0n) is 23.0. The largest absolute Gasteiger partial charge is 0.385 e. The maximum atomic E-state index is 13.8. The van der Waals surface area contributed by atoms with Crippen LogP contribution < -0.4 is 5.73 Å². The molecule has 3 heterocycles. The third-order valence-electron chi connectivity index (χ3n) is 8.04. The van der Waals surface area contributed by atoms with Crippen LogP contribution in [0.5, 0.6) is 0 Å². The fourth-order valence-electron chi connectivity index (χ4n) is 5.95. The highest BCUT2D eigenvalue weighted by molar-refractivity contribution is 7.89. The summed E-state index contributed by atoms with van der Waals surface area (Å²) >= 11 is 0. The van der Waals surface area contributed by atoms with Gasteiger partial charge in [-0.2, -0.15) is 9.57 Å². The molecular weight excluding hydrogens is 528 g/mol. The highest BCUT2D eigenvalue weighted by atomic mass is 32.2. The average molecular weight is 565 g/mol. The van der Waals surface area contributed by atoms with E-state index in [0.717, 1.165) is 48.2 Å². The molecule has 2 N–H and O–H groups in total. The molecule has 11 heteroatoms. The van der Waals surface area contributed by atoms with Crippen molar-refractivity contribution in [2.45, 2.75) is 49.6 Å². The third-order valence-corrected chi connectivity index (χ3v) is 9.91. The Bertz CT molecular complexity index is 1550. The van der Waals surface area contributed by atoms with E-state index in [1.54, 1.807) is 20.1 Å². The Labute approximate surface area is 235 Å². The van der Waals surface area contributed by atoms with Crippen LogP contribution in [-0.4, -0.2) is 79.0 Å². The molecule has 0 radical (unpaired) electrons. The number of amides is 1. The van der Waals surface area contributed by atoms with Crippen LogP contribution in [0.4, 0.5) is 0 Å². The molecule has 40 heavy (non-hydrogen) atoms. The van der Waals surface area contributed by atoms with Crippen molar-refractivity contribution in [2.24, 2.45) is 11.7 Å². The molecule has 0 spiro atoms. The summed E-state index contributed by atoms with van der Waals surface area (Å²) in [6.45, 7) is 4.35. The van der Waals surface area contributed by atoms with E-state index in [0.29, 0.717) is 19.7 Å². The number of nitriles is 1. The summed E-state index contributed by atoms with van der Waals surface area (Å²) in [6, 6.07) is 14.1. The Balaban J connectivity index is 1.34. The molecular formula is C29H36N6O4S. The van der Waals surface area contributed by atoms with Crippen LogP contribution in [0.1, 0.15) is 42.1 Å². The van der Waals surface area contributed by atoms with Crippen LogP contribution in [0.25, 0.3) is 11.0 Å². The second kappa shape index (κ2) is 11.7. The minimum absolute atomic E-state index is 0.00214. The van der Waals surface area contributed by atoms with Gasteiger partial charge in [0.1, 0.15) is 16.8 Å². The standard InChI is InChI=1S/C29H36N6O4S/c1-20-10-11-21(16-30)27(15-20)40(37,38)34-18-23(24(31)19-34)29(36)33-12-5-7-22(17-33)28-32-25-8-3-4-9-26(25)35(28)13-6-14-39-2/h3-4,8-11,15,22-24H,5-7,12-14,17-19,31H2,1-2H3/t22?,23-,24-/m1/s1. The maximum Gasteiger partial charge on any atom is 0.244 e. The third kappa shape index (κ3) is 5.37. The van der Waals surface area contributed by atoms with E-state index in [4.69, 9.17) is 15.5 Å². The van der Waals surface area contributed by atoms with Crippen LogP contribution in [0.3, 0.4) is 0 Å². The van der Waals surface area contributed by atoms with E-state index < -0.39 is 22.0 Å². The predicted octanol–water partition coefficient (Wildman–Crippen LogP) is 2.61. The molecule has 0 aliphatic carbocycles. The average Bonchev–Trinajstić information content (AvgIpc) is 3.54. The summed E-state index contributed by atoms with van der Waals surface area (Å²) in [5, 5.41) is 9.49. The van der Waals surface area contributed by atoms with Gasteiger partial charge in [0.2, 0.25) is 15.9 Å². The molecule has 1 aromatic heterocycles. The monoisotopic (exact) mass is 564 g/mol. The first-order chi connectivity index (χ1) is 19.2. The summed E-state index contributed by atoms with van der Waals surface area (Å²) in [5.74, 6) is 0.264. The van der Waals surface area contributed by atoms with E-state index in [1.165, 1.54) is 16.4 Å². The molecule has 3 atom stereocenters. The predicted molar refractivity (Wildman–Crippen MR) is 151 cm³/mol. The number of sulfonamides is 1. The van der Waals surface area contributed by atoms with E-state index in [-0.39, 0.29) is 35.4 Å². The van der Waals surface area contributed by atoms with Gasteiger partial charge in [0.15, 0.2) is 0 Å². The Morgan fingerprint density at radius 2 is 2.00 bits per heavy atom. The first-order valence-corrected chi connectivity index (χ1v) is 15.2. The summed E-state index contributed by atoms with van der Waals surface area (Å²) in [5.41, 5.74) is 9.22. The first kappa shape index (κ1) is 28.2. The van der Waals surface area contributed by atoms with Crippen molar-refractivity contribution in [1.82, 2.24) is 18.8 Å². The molecule has 0 bridgehead atoms. The number of carbonyl (C=O) groups excluding carboxylic acids is 1. The molecule has 3 aromatic rings. The van der Waals surface area contributed by atoms with Crippen molar-refractivity contribution in [1.29, 1.82) is 5.26 Å². The summed E-state index contributed by atoms with van der Waals surface area (Å²) in [6.07, 6.45) is 2.60. The molecule has 2 aromatic carbocycles. The lowest BCUT2D eigenvalue weighted by atomic mass is 9.94. The SMILES string of the molecule is COCCCn1c(C2CCCN(C(=O)[C@@H]3CN(S(=O)(=O)c4cc(C)ccc4C#N)C[C@H]3N)C2)nc2ccccc21. The van der Waals surface area contributed by atoms with E-state index in [2.05, 4.69) is 10.6 Å². The number of rotatable bonds is 8. The minimum Gasteiger partial charge on any atom is -0.385 e. The highest BCUT2D eigenvalue weighted by Crippen LogP contribution is 2.32. The van der Waals surface area contributed by atoms with Crippen molar-refractivity contribution in [2.75, 3.05) is 39.9 Å². The van der Waals surface area contributed by atoms with Crippen LogP contribution in [0.2, 0.25) is 0 Å². The second-order valence-electron chi connectivity index (χ2n) is 10.8. The quantitative estimate of drug-likeness (QED) is 0.416. The topological polar surface area (TPSA) is 135 Å². The van der Waals surface area contributed by atoms with E-state index >= 15 is 0 Å². The van der Waals surface area contributed by atoms with Gasteiger partial charge in [0.25, 0.3) is 0 Å². The van der Waals surface area contributed by atoms with Gasteiger partial charge in [-0.15, -0.1) is 0 Å². The molecule has 1 unspecified atom stereocenters. The Kier molecular flexibility index (Phi) is 8.24. The first-order valence-electron chi connectivity index (χ1n) is 13.7.